The Morgan fingerprint density at radius 1 is 0.773 bits per heavy atom. The Bertz CT molecular complexity index is 216. The van der Waals surface area contributed by atoms with E-state index >= 15 is 0 Å². The van der Waals surface area contributed by atoms with Crippen LogP contribution in [0.5, 0.6) is 0 Å². The van der Waals surface area contributed by atoms with Crippen molar-refractivity contribution in [2.24, 2.45) is 0 Å². The topological polar surface area (TPSA) is 29.5 Å². The minimum atomic E-state index is -0.508. The van der Waals surface area contributed by atoms with Gasteiger partial charge in [-0.2, -0.15) is 0 Å². The Balaban J connectivity index is 2.98. The molecule has 0 bridgehead atoms. The van der Waals surface area contributed by atoms with Crippen LogP contribution in [0, 0.1) is 0 Å². The molecule has 0 saturated carbocycles. The fourth-order valence-electron chi connectivity index (χ4n) is 2.67. The third kappa shape index (κ3) is 17.7. The molecule has 0 saturated heterocycles. The first-order valence-electron chi connectivity index (χ1n) is 9.69. The van der Waals surface area contributed by atoms with Gasteiger partial charge in [0.2, 0.25) is 0 Å². The zero-order valence-electron chi connectivity index (χ0n) is 15.0. The SMILES string of the molecule is C=CC(O)COCCCCCCCCCCCCCCCC. The first-order chi connectivity index (χ1) is 10.8. The van der Waals surface area contributed by atoms with Crippen molar-refractivity contribution in [2.45, 2.75) is 103 Å². The molecule has 0 aromatic carbocycles. The molecule has 22 heavy (non-hydrogen) atoms. The molecule has 0 aliphatic heterocycles. The van der Waals surface area contributed by atoms with Gasteiger partial charge in [0, 0.05) is 6.61 Å². The highest BCUT2D eigenvalue weighted by atomic mass is 16.5. The zero-order valence-corrected chi connectivity index (χ0v) is 15.0. The van der Waals surface area contributed by atoms with E-state index in [2.05, 4.69) is 13.5 Å². The predicted octanol–water partition coefficient (Wildman–Crippen LogP) is 6.03. The van der Waals surface area contributed by atoms with E-state index in [4.69, 9.17) is 4.74 Å². The number of aliphatic hydroxyl groups excluding tert-OH is 1. The first-order valence-corrected chi connectivity index (χ1v) is 9.69. The molecular weight excluding hydrogens is 272 g/mol. The van der Waals surface area contributed by atoms with Crippen LogP contribution in [0.2, 0.25) is 0 Å². The van der Waals surface area contributed by atoms with Crippen molar-refractivity contribution in [3.05, 3.63) is 12.7 Å². The molecule has 0 amide bonds. The number of unbranched alkanes of at least 4 members (excludes halogenated alkanes) is 13. The summed E-state index contributed by atoms with van der Waals surface area (Å²) >= 11 is 0. The quantitative estimate of drug-likeness (QED) is 0.247. The summed E-state index contributed by atoms with van der Waals surface area (Å²) < 4.78 is 5.37. The molecule has 0 spiro atoms. The van der Waals surface area contributed by atoms with Gasteiger partial charge in [0.05, 0.1) is 12.7 Å². The van der Waals surface area contributed by atoms with E-state index in [-0.39, 0.29) is 0 Å². The highest BCUT2D eigenvalue weighted by Gasteiger charge is 1.97. The van der Waals surface area contributed by atoms with Crippen molar-refractivity contribution in [2.75, 3.05) is 13.2 Å². The third-order valence-corrected chi connectivity index (χ3v) is 4.20. The van der Waals surface area contributed by atoms with Gasteiger partial charge in [0.1, 0.15) is 0 Å². The van der Waals surface area contributed by atoms with E-state index in [9.17, 15) is 5.11 Å². The van der Waals surface area contributed by atoms with E-state index in [0.717, 1.165) is 13.0 Å². The highest BCUT2D eigenvalue weighted by Crippen LogP contribution is 2.12. The van der Waals surface area contributed by atoms with Gasteiger partial charge in [-0.3, -0.25) is 0 Å². The van der Waals surface area contributed by atoms with E-state index in [1.54, 1.807) is 0 Å². The van der Waals surface area contributed by atoms with Crippen molar-refractivity contribution in [1.82, 2.24) is 0 Å². The van der Waals surface area contributed by atoms with E-state index < -0.39 is 6.10 Å². The van der Waals surface area contributed by atoms with Crippen LogP contribution < -0.4 is 0 Å². The fourth-order valence-corrected chi connectivity index (χ4v) is 2.67. The summed E-state index contributed by atoms with van der Waals surface area (Å²) in [6, 6.07) is 0. The van der Waals surface area contributed by atoms with Crippen LogP contribution >= 0.6 is 0 Å². The minimum Gasteiger partial charge on any atom is -0.387 e. The Hall–Kier alpha value is -0.340. The summed E-state index contributed by atoms with van der Waals surface area (Å²) in [6.07, 6.45) is 20.3. The van der Waals surface area contributed by atoms with Gasteiger partial charge < -0.3 is 9.84 Å². The van der Waals surface area contributed by atoms with E-state index in [1.807, 2.05) is 0 Å². The molecule has 2 nitrogen and oxygen atoms in total. The van der Waals surface area contributed by atoms with Crippen molar-refractivity contribution in [1.29, 1.82) is 0 Å². The van der Waals surface area contributed by atoms with Crippen LogP contribution in [0.3, 0.4) is 0 Å². The molecule has 1 atom stereocenters. The number of hydrogen-bond donors (Lipinski definition) is 1. The number of aliphatic hydroxyl groups is 1. The van der Waals surface area contributed by atoms with E-state index in [0.29, 0.717) is 6.61 Å². The molecule has 1 N–H and O–H groups in total. The van der Waals surface area contributed by atoms with Gasteiger partial charge in [-0.25, -0.2) is 0 Å². The van der Waals surface area contributed by atoms with E-state index in [1.165, 1.54) is 89.5 Å². The summed E-state index contributed by atoms with van der Waals surface area (Å²) in [6.45, 7) is 6.96. The van der Waals surface area contributed by atoms with Crippen molar-refractivity contribution >= 4 is 0 Å². The molecular formula is C20H40O2. The van der Waals surface area contributed by atoms with Crippen LogP contribution in [0.4, 0.5) is 0 Å². The second-order valence-electron chi connectivity index (χ2n) is 6.47. The average Bonchev–Trinajstić information content (AvgIpc) is 2.54. The molecule has 132 valence electrons. The molecule has 0 aromatic rings. The lowest BCUT2D eigenvalue weighted by Crippen LogP contribution is -2.12. The minimum absolute atomic E-state index is 0.391. The lowest BCUT2D eigenvalue weighted by Gasteiger charge is -2.06. The number of hydrogen-bond acceptors (Lipinski definition) is 2. The second kappa shape index (κ2) is 18.7. The van der Waals surface area contributed by atoms with Crippen molar-refractivity contribution in [3.8, 4) is 0 Å². The standard InChI is InChI=1S/C20H40O2/c1-3-5-6-7-8-9-10-11-12-13-14-15-16-17-18-22-19-20(21)4-2/h4,20-21H,2-3,5-19H2,1H3. The van der Waals surface area contributed by atoms with Gasteiger partial charge in [-0.15, -0.1) is 6.58 Å². The lowest BCUT2D eigenvalue weighted by atomic mass is 10.0. The normalized spacial score (nSPS) is 12.5. The molecule has 0 fully saturated rings. The lowest BCUT2D eigenvalue weighted by molar-refractivity contribution is 0.0578. The molecule has 0 heterocycles. The Kier molecular flexibility index (Phi) is 18.4. The third-order valence-electron chi connectivity index (χ3n) is 4.20. The van der Waals surface area contributed by atoms with Crippen LogP contribution in [0.25, 0.3) is 0 Å². The van der Waals surface area contributed by atoms with Gasteiger partial charge >= 0.3 is 0 Å². The van der Waals surface area contributed by atoms with Crippen molar-refractivity contribution in [3.63, 3.8) is 0 Å². The summed E-state index contributed by atoms with van der Waals surface area (Å²) in [4.78, 5) is 0. The van der Waals surface area contributed by atoms with Gasteiger partial charge in [-0.05, 0) is 6.42 Å². The summed E-state index contributed by atoms with van der Waals surface area (Å²) in [5.74, 6) is 0. The molecule has 0 aromatic heterocycles. The smallest absolute Gasteiger partial charge is 0.0951 e. The Morgan fingerprint density at radius 3 is 1.59 bits per heavy atom. The summed E-state index contributed by atoms with van der Waals surface area (Å²) in [5, 5.41) is 9.23. The second-order valence-corrected chi connectivity index (χ2v) is 6.47. The summed E-state index contributed by atoms with van der Waals surface area (Å²) in [7, 11) is 0. The number of rotatable bonds is 18. The molecule has 0 aliphatic rings. The van der Waals surface area contributed by atoms with Crippen LogP contribution in [-0.4, -0.2) is 24.4 Å². The highest BCUT2D eigenvalue weighted by molar-refractivity contribution is 4.76. The molecule has 2 heteroatoms. The predicted molar refractivity (Wildman–Crippen MR) is 97.3 cm³/mol. The Labute approximate surface area is 139 Å². The average molecular weight is 313 g/mol. The monoisotopic (exact) mass is 312 g/mol. The Morgan fingerprint density at radius 2 is 1.18 bits per heavy atom. The zero-order chi connectivity index (χ0) is 16.3. The molecule has 0 aliphatic carbocycles. The maximum atomic E-state index is 9.23. The van der Waals surface area contributed by atoms with Crippen LogP contribution in [0.15, 0.2) is 12.7 Å². The van der Waals surface area contributed by atoms with Crippen LogP contribution in [-0.2, 0) is 4.74 Å². The first kappa shape index (κ1) is 21.7. The van der Waals surface area contributed by atoms with Gasteiger partial charge in [0.15, 0.2) is 0 Å². The largest absolute Gasteiger partial charge is 0.387 e. The van der Waals surface area contributed by atoms with Crippen molar-refractivity contribution < 1.29 is 9.84 Å². The molecule has 1 unspecified atom stereocenters. The maximum absolute atomic E-state index is 9.23. The van der Waals surface area contributed by atoms with Crippen LogP contribution in [0.1, 0.15) is 96.8 Å². The fraction of sp³-hybridized carbons (Fsp3) is 0.900. The maximum Gasteiger partial charge on any atom is 0.0951 e. The molecule has 0 rings (SSSR count). The van der Waals surface area contributed by atoms with Gasteiger partial charge in [0.25, 0.3) is 0 Å². The summed E-state index contributed by atoms with van der Waals surface area (Å²) in [5.41, 5.74) is 0. The molecule has 0 radical (unpaired) electrons. The number of ether oxygens (including phenoxy) is 1. The van der Waals surface area contributed by atoms with Gasteiger partial charge in [-0.1, -0.05) is 96.5 Å².